The molecule has 0 aromatic heterocycles. The van der Waals surface area contributed by atoms with Crippen molar-refractivity contribution in [1.82, 2.24) is 0 Å². The first-order chi connectivity index (χ1) is 14.8. The molecule has 2 nitrogen and oxygen atoms in total. The van der Waals surface area contributed by atoms with E-state index in [4.69, 9.17) is 16.5 Å². The summed E-state index contributed by atoms with van der Waals surface area (Å²) in [6.07, 6.45) is 0. The van der Waals surface area contributed by atoms with E-state index in [0.717, 1.165) is 22.3 Å². The van der Waals surface area contributed by atoms with E-state index in [9.17, 15) is 4.79 Å². The molecule has 2 bridgehead atoms. The van der Waals surface area contributed by atoms with Crippen LogP contribution in [0.2, 0.25) is 0 Å². The first-order valence-electron chi connectivity index (χ1n) is 10.5. The topological polar surface area (TPSA) is 26.3 Å². The van der Waals surface area contributed by atoms with Gasteiger partial charge in [0.1, 0.15) is 4.49 Å². The van der Waals surface area contributed by atoms with Crippen molar-refractivity contribution < 1.29 is 9.53 Å². The van der Waals surface area contributed by atoms with Crippen molar-refractivity contribution in [3.63, 3.8) is 0 Å². The fraction of sp³-hybridized carbons (Fsp3) is 0.269. The highest BCUT2D eigenvalue weighted by Gasteiger charge is 2.93. The van der Waals surface area contributed by atoms with E-state index in [2.05, 4.69) is 39.0 Å². The summed E-state index contributed by atoms with van der Waals surface area (Å²) in [6, 6.07) is 28.4. The maximum Gasteiger partial charge on any atom is 0.201 e. The zero-order valence-electron chi connectivity index (χ0n) is 17.7. The molecule has 0 N–H and O–H groups in total. The van der Waals surface area contributed by atoms with Crippen LogP contribution in [-0.4, -0.2) is 10.3 Å². The van der Waals surface area contributed by atoms with Crippen LogP contribution in [0.25, 0.3) is 0 Å². The van der Waals surface area contributed by atoms with Crippen molar-refractivity contribution in [2.45, 2.75) is 36.2 Å². The molecule has 2 fully saturated rings. The van der Waals surface area contributed by atoms with Gasteiger partial charge in [0, 0.05) is 11.1 Å². The third-order valence-corrected chi connectivity index (χ3v) is 17.7. The van der Waals surface area contributed by atoms with Crippen LogP contribution < -0.4 is 0 Å². The fourth-order valence-electron chi connectivity index (χ4n) is 5.87. The summed E-state index contributed by atoms with van der Waals surface area (Å²) in [5, 5.41) is -3.06. The zero-order valence-corrected chi connectivity index (χ0v) is 20.2. The average molecular weight is 463 g/mol. The summed E-state index contributed by atoms with van der Waals surface area (Å²) >= 11 is 8.53. The quantitative estimate of drug-likeness (QED) is 0.306. The molecule has 6 rings (SSSR count). The van der Waals surface area contributed by atoms with Gasteiger partial charge in [0.15, 0.2) is 10.9 Å². The number of hydrogen-bond donors (Lipinski definition) is 0. The van der Waals surface area contributed by atoms with Crippen LogP contribution in [0, 0.1) is 5.41 Å². The molecule has 3 heterocycles. The predicted octanol–water partition coefficient (Wildman–Crippen LogP) is 6.89. The summed E-state index contributed by atoms with van der Waals surface area (Å²) in [4.78, 5) is 14.4. The number of ether oxygens (including phenoxy) is 1. The van der Waals surface area contributed by atoms with Gasteiger partial charge >= 0.3 is 0 Å². The smallest absolute Gasteiger partial charge is 0.201 e. The summed E-state index contributed by atoms with van der Waals surface area (Å²) in [5.74, 6) is 0.0486. The predicted molar refractivity (Wildman–Crippen MR) is 131 cm³/mol. The van der Waals surface area contributed by atoms with E-state index in [1.165, 1.54) is 0 Å². The molecule has 0 saturated carbocycles. The van der Waals surface area contributed by atoms with Crippen LogP contribution in [0.15, 0.2) is 84.9 Å². The number of benzene rings is 3. The Bertz CT molecular complexity index is 1280. The van der Waals surface area contributed by atoms with Crippen LogP contribution in [-0.2, 0) is 27.5 Å². The van der Waals surface area contributed by atoms with Crippen molar-refractivity contribution in [2.24, 2.45) is 5.41 Å². The molecular weight excluding hydrogens is 439 g/mol. The molecule has 0 radical (unpaired) electrons. The third-order valence-electron chi connectivity index (χ3n) is 7.05. The molecule has 3 aromatic carbocycles. The van der Waals surface area contributed by atoms with Crippen molar-refractivity contribution >= 4 is 34.2 Å². The third kappa shape index (κ3) is 1.98. The van der Waals surface area contributed by atoms with Gasteiger partial charge < -0.3 is 4.74 Å². The van der Waals surface area contributed by atoms with Crippen molar-refractivity contribution in [3.05, 3.63) is 107 Å². The number of hydrogen-bond acceptors (Lipinski definition) is 4. The Morgan fingerprint density at radius 2 is 1.39 bits per heavy atom. The summed E-state index contributed by atoms with van der Waals surface area (Å²) in [6.45, 7) is 6.66. The lowest BCUT2D eigenvalue weighted by atomic mass is 9.70. The Morgan fingerprint density at radius 3 is 2.00 bits per heavy atom. The number of fused-ring (bicyclic) bond motifs is 7. The minimum absolute atomic E-state index is 0.0486. The lowest BCUT2D eigenvalue weighted by Crippen LogP contribution is -2.55. The normalized spacial score (nSPS) is 35.4. The highest BCUT2D eigenvalue weighted by Crippen LogP contribution is 3.10. The molecule has 156 valence electrons. The first-order valence-corrected chi connectivity index (χ1v) is 14.8. The highest BCUT2D eigenvalue weighted by molar-refractivity contribution is 8.86. The maximum atomic E-state index is 14.4. The Hall–Kier alpha value is -1.71. The Kier molecular flexibility index (Phi) is 3.85. The fourth-order valence-corrected chi connectivity index (χ4v) is 19.3. The number of carbonyl (C=O) groups excluding carboxylic acids is 1. The van der Waals surface area contributed by atoms with E-state index in [-0.39, 0.29) is 11.2 Å². The molecule has 2 saturated heterocycles. The first kappa shape index (κ1) is 19.9. The van der Waals surface area contributed by atoms with Gasteiger partial charge in [0.2, 0.25) is 5.78 Å². The van der Waals surface area contributed by atoms with E-state index in [1.807, 2.05) is 78.1 Å². The average Bonchev–Trinajstić information content (AvgIpc) is 3.40. The molecule has 3 aliphatic rings. The highest BCUT2D eigenvalue weighted by atomic mass is 33.0. The molecule has 0 aliphatic carbocycles. The molecule has 4 atom stereocenters. The van der Waals surface area contributed by atoms with Crippen molar-refractivity contribution in [3.8, 4) is 0 Å². The monoisotopic (exact) mass is 462 g/mol. The van der Waals surface area contributed by atoms with Gasteiger partial charge in [-0.15, -0.1) is 11.4 Å². The number of carbonyl (C=O) groups is 1. The summed E-state index contributed by atoms with van der Waals surface area (Å²) in [7, 11) is 0. The molecule has 5 heteroatoms. The van der Waals surface area contributed by atoms with E-state index >= 15 is 0 Å². The van der Waals surface area contributed by atoms with Crippen molar-refractivity contribution in [2.75, 3.05) is 0 Å². The molecular formula is C26H23O2PS2. The summed E-state index contributed by atoms with van der Waals surface area (Å²) in [5.41, 5.74) is 2.35. The lowest BCUT2D eigenvalue weighted by Gasteiger charge is -2.47. The van der Waals surface area contributed by atoms with Gasteiger partial charge in [-0.25, -0.2) is 0 Å². The minimum Gasteiger partial charge on any atom is -0.338 e. The lowest BCUT2D eigenvalue weighted by molar-refractivity contribution is -0.0862. The second kappa shape index (κ2) is 5.99. The van der Waals surface area contributed by atoms with Crippen LogP contribution in [0.1, 0.15) is 47.8 Å². The molecule has 0 spiro atoms. The molecule has 3 aromatic rings. The van der Waals surface area contributed by atoms with Crippen LogP contribution >= 0.6 is 16.6 Å². The van der Waals surface area contributed by atoms with Gasteiger partial charge in [0.25, 0.3) is 0 Å². The van der Waals surface area contributed by atoms with Gasteiger partial charge in [0.05, 0.1) is 5.24 Å². The van der Waals surface area contributed by atoms with E-state index < -0.39 is 20.7 Å². The van der Waals surface area contributed by atoms with Crippen LogP contribution in [0.5, 0.6) is 0 Å². The molecule has 0 amide bonds. The van der Waals surface area contributed by atoms with E-state index in [1.54, 1.807) is 0 Å². The number of ketones is 1. The largest absolute Gasteiger partial charge is 0.338 e. The molecule has 0 unspecified atom stereocenters. The van der Waals surface area contributed by atoms with Gasteiger partial charge in [-0.3, -0.25) is 4.79 Å². The zero-order chi connectivity index (χ0) is 21.7. The number of rotatable bonds is 2. The Morgan fingerprint density at radius 1 is 0.839 bits per heavy atom. The van der Waals surface area contributed by atoms with Crippen LogP contribution in [0.4, 0.5) is 0 Å². The van der Waals surface area contributed by atoms with Crippen molar-refractivity contribution in [1.29, 1.82) is 0 Å². The second-order valence-corrected chi connectivity index (χ2v) is 17.6. The maximum absolute atomic E-state index is 14.4. The molecule has 3 aliphatic heterocycles. The standard InChI is InChI=1S/C26H23O2PS2/c1-23(2,3)26-24(18-12-6-4-7-13-18)22(27)20-16-10-11-17-21(20)25(28-24,29(26,30)31-26)19-14-8-5-9-15-19/h4-17H,1-3H3/t24-,25-,26+,29-/m0/s1. The SMILES string of the molecule is CC(C)(C)[C@]12S[P@@]1(=S)[C@]1(c3ccccc3)O[C@@]2(c2ccccc2)C(=O)c2ccccc21. The number of Topliss-reactive ketones (excluding diaryl/α,β-unsaturated/α-hetero) is 1. The summed E-state index contributed by atoms with van der Waals surface area (Å²) < 4.78 is 6.78. The van der Waals surface area contributed by atoms with Gasteiger partial charge in [-0.1, -0.05) is 118 Å². The second-order valence-electron chi connectivity index (χ2n) is 9.57. The van der Waals surface area contributed by atoms with Gasteiger partial charge in [-0.2, -0.15) is 0 Å². The Balaban J connectivity index is 1.81. The Labute approximate surface area is 192 Å². The molecule has 31 heavy (non-hydrogen) atoms. The van der Waals surface area contributed by atoms with Crippen LogP contribution in [0.3, 0.4) is 0 Å². The van der Waals surface area contributed by atoms with Gasteiger partial charge in [-0.05, 0) is 16.5 Å². The van der Waals surface area contributed by atoms with E-state index in [0.29, 0.717) is 0 Å². The minimum atomic E-state index is -2.28.